The van der Waals surface area contributed by atoms with Crippen molar-refractivity contribution in [1.82, 2.24) is 4.90 Å². The zero-order valence-corrected chi connectivity index (χ0v) is 10.1. The number of nitrogens with zero attached hydrogens (tertiary/aromatic N) is 1. The molecule has 4 heteroatoms. The van der Waals surface area contributed by atoms with Crippen LogP contribution in [0.25, 0.3) is 0 Å². The quantitative estimate of drug-likeness (QED) is 0.708. The van der Waals surface area contributed by atoms with Crippen LogP contribution < -0.4 is 9.47 Å². The van der Waals surface area contributed by atoms with Crippen molar-refractivity contribution in [2.75, 3.05) is 34.9 Å². The summed E-state index contributed by atoms with van der Waals surface area (Å²) >= 11 is 0. The van der Waals surface area contributed by atoms with Crippen LogP contribution in [0.4, 0.5) is 0 Å². The zero-order chi connectivity index (χ0) is 12.1. The van der Waals surface area contributed by atoms with Gasteiger partial charge in [-0.05, 0) is 32.3 Å². The molecule has 0 aliphatic heterocycles. The minimum Gasteiger partial charge on any atom is -0.493 e. The zero-order valence-electron chi connectivity index (χ0n) is 10.1. The number of hydrogen-bond acceptors (Lipinski definition) is 4. The molecule has 0 aliphatic carbocycles. The van der Waals surface area contributed by atoms with Gasteiger partial charge in [-0.1, -0.05) is 0 Å². The molecule has 1 rings (SSSR count). The molecule has 0 amide bonds. The van der Waals surface area contributed by atoms with Gasteiger partial charge in [0, 0.05) is 5.56 Å². The Morgan fingerprint density at radius 2 is 1.81 bits per heavy atom. The first-order chi connectivity index (χ1) is 7.58. The molecule has 0 heterocycles. The lowest BCUT2D eigenvalue weighted by Gasteiger charge is -2.11. The minimum atomic E-state index is 0.0611. The summed E-state index contributed by atoms with van der Waals surface area (Å²) in [7, 11) is 6.84. The first-order valence-corrected chi connectivity index (χ1v) is 4.98. The third kappa shape index (κ3) is 2.97. The van der Waals surface area contributed by atoms with Gasteiger partial charge in [0.25, 0.3) is 0 Å². The van der Waals surface area contributed by atoms with Gasteiger partial charge < -0.3 is 14.4 Å². The maximum Gasteiger partial charge on any atom is 0.176 e. The predicted octanol–water partition coefficient (Wildman–Crippen LogP) is 1.45. The van der Waals surface area contributed by atoms with E-state index >= 15 is 0 Å². The summed E-state index contributed by atoms with van der Waals surface area (Å²) in [6.45, 7) is 0.384. The number of benzene rings is 1. The van der Waals surface area contributed by atoms with E-state index in [4.69, 9.17) is 9.47 Å². The van der Waals surface area contributed by atoms with E-state index < -0.39 is 0 Å². The van der Waals surface area contributed by atoms with Crippen LogP contribution in [0, 0.1) is 0 Å². The Labute approximate surface area is 95.8 Å². The Balaban J connectivity index is 2.94. The van der Waals surface area contributed by atoms with Gasteiger partial charge in [0.15, 0.2) is 17.3 Å². The first kappa shape index (κ1) is 12.5. The molecule has 4 nitrogen and oxygen atoms in total. The molecule has 0 aliphatic rings. The lowest BCUT2D eigenvalue weighted by atomic mass is 10.1. The van der Waals surface area contributed by atoms with Crippen LogP contribution in [0.1, 0.15) is 10.4 Å². The first-order valence-electron chi connectivity index (χ1n) is 4.98. The standard InChI is InChI=1S/C12H17NO3/c1-13(2)8-10(14)9-5-6-11(15-3)12(7-9)16-4/h5-7H,8H2,1-4H3. The van der Waals surface area contributed by atoms with Crippen LogP contribution in [0.2, 0.25) is 0 Å². The summed E-state index contributed by atoms with van der Waals surface area (Å²) < 4.78 is 10.2. The number of rotatable bonds is 5. The van der Waals surface area contributed by atoms with Gasteiger partial charge in [0.2, 0.25) is 0 Å². The van der Waals surface area contributed by atoms with Gasteiger partial charge in [-0.2, -0.15) is 0 Å². The van der Waals surface area contributed by atoms with Crippen molar-refractivity contribution < 1.29 is 14.3 Å². The average Bonchev–Trinajstić information content (AvgIpc) is 2.27. The number of likely N-dealkylation sites (N-methyl/N-ethyl adjacent to an activating group) is 1. The van der Waals surface area contributed by atoms with Gasteiger partial charge in [0.1, 0.15) is 0 Å². The van der Waals surface area contributed by atoms with Crippen LogP contribution in [-0.4, -0.2) is 45.5 Å². The number of carbonyl (C=O) groups is 1. The lowest BCUT2D eigenvalue weighted by molar-refractivity contribution is 0.0957. The fourth-order valence-electron chi connectivity index (χ4n) is 1.39. The molecule has 0 unspecified atom stereocenters. The molecule has 0 spiro atoms. The van der Waals surface area contributed by atoms with Crippen molar-refractivity contribution in [1.29, 1.82) is 0 Å². The van der Waals surface area contributed by atoms with Crippen molar-refractivity contribution in [2.45, 2.75) is 0 Å². The molecule has 0 saturated carbocycles. The van der Waals surface area contributed by atoms with E-state index in [9.17, 15) is 4.79 Å². The average molecular weight is 223 g/mol. The van der Waals surface area contributed by atoms with Gasteiger partial charge in [-0.25, -0.2) is 0 Å². The molecule has 1 aromatic rings. The van der Waals surface area contributed by atoms with E-state index in [1.54, 1.807) is 32.4 Å². The van der Waals surface area contributed by atoms with E-state index in [0.29, 0.717) is 23.6 Å². The molecule has 0 fully saturated rings. The topological polar surface area (TPSA) is 38.8 Å². The number of hydrogen-bond donors (Lipinski definition) is 0. The Morgan fingerprint density at radius 1 is 1.19 bits per heavy atom. The third-order valence-corrected chi connectivity index (χ3v) is 2.17. The molecular formula is C12H17NO3. The van der Waals surface area contributed by atoms with E-state index in [1.165, 1.54) is 0 Å². The molecule has 88 valence electrons. The Kier molecular flexibility index (Phi) is 4.31. The number of carbonyl (C=O) groups excluding carboxylic acids is 1. The second kappa shape index (κ2) is 5.51. The molecule has 0 radical (unpaired) electrons. The second-order valence-electron chi connectivity index (χ2n) is 3.73. The summed E-state index contributed by atoms with van der Waals surface area (Å²) in [5.41, 5.74) is 0.631. The van der Waals surface area contributed by atoms with E-state index in [0.717, 1.165) is 0 Å². The number of ketones is 1. The fraction of sp³-hybridized carbons (Fsp3) is 0.417. The van der Waals surface area contributed by atoms with Crippen LogP contribution in [-0.2, 0) is 0 Å². The second-order valence-corrected chi connectivity index (χ2v) is 3.73. The summed E-state index contributed by atoms with van der Waals surface area (Å²) in [6, 6.07) is 5.18. The van der Waals surface area contributed by atoms with Gasteiger partial charge >= 0.3 is 0 Å². The molecule has 0 N–H and O–H groups in total. The molecular weight excluding hydrogens is 206 g/mol. The summed E-state index contributed by atoms with van der Waals surface area (Å²) in [4.78, 5) is 13.6. The maximum absolute atomic E-state index is 11.8. The Morgan fingerprint density at radius 3 is 2.31 bits per heavy atom. The molecule has 0 atom stereocenters. The van der Waals surface area contributed by atoms with Crippen molar-refractivity contribution in [3.63, 3.8) is 0 Å². The molecule has 16 heavy (non-hydrogen) atoms. The predicted molar refractivity (Wildman–Crippen MR) is 62.4 cm³/mol. The van der Waals surface area contributed by atoms with Crippen LogP contribution in [0.15, 0.2) is 18.2 Å². The molecule has 0 bridgehead atoms. The van der Waals surface area contributed by atoms with E-state index in [2.05, 4.69) is 0 Å². The SMILES string of the molecule is COc1ccc(C(=O)CN(C)C)cc1OC. The van der Waals surface area contributed by atoms with E-state index in [-0.39, 0.29) is 5.78 Å². The smallest absolute Gasteiger partial charge is 0.176 e. The van der Waals surface area contributed by atoms with Crippen molar-refractivity contribution in [3.05, 3.63) is 23.8 Å². The largest absolute Gasteiger partial charge is 0.493 e. The van der Waals surface area contributed by atoms with Crippen LogP contribution in [0.5, 0.6) is 11.5 Å². The highest BCUT2D eigenvalue weighted by molar-refractivity contribution is 5.98. The molecule has 1 aromatic carbocycles. The summed E-state index contributed by atoms with van der Waals surface area (Å²) in [6.07, 6.45) is 0. The summed E-state index contributed by atoms with van der Waals surface area (Å²) in [5, 5.41) is 0. The van der Waals surface area contributed by atoms with Crippen LogP contribution in [0.3, 0.4) is 0 Å². The van der Waals surface area contributed by atoms with Gasteiger partial charge in [0.05, 0.1) is 20.8 Å². The van der Waals surface area contributed by atoms with Gasteiger partial charge in [-0.3, -0.25) is 4.79 Å². The fourth-order valence-corrected chi connectivity index (χ4v) is 1.39. The van der Waals surface area contributed by atoms with Crippen molar-refractivity contribution in [2.24, 2.45) is 0 Å². The highest BCUT2D eigenvalue weighted by atomic mass is 16.5. The Hall–Kier alpha value is -1.55. The number of methoxy groups -OCH3 is 2. The lowest BCUT2D eigenvalue weighted by Crippen LogP contribution is -2.21. The number of ether oxygens (including phenoxy) is 2. The number of Topliss-reactive ketones (excluding diaryl/α,β-unsaturated/α-hetero) is 1. The Bertz CT molecular complexity index is 375. The normalized spacial score (nSPS) is 10.3. The summed E-state index contributed by atoms with van der Waals surface area (Å²) in [5.74, 6) is 1.27. The van der Waals surface area contributed by atoms with Crippen LogP contribution >= 0.6 is 0 Å². The van der Waals surface area contributed by atoms with Crippen molar-refractivity contribution >= 4 is 5.78 Å². The monoisotopic (exact) mass is 223 g/mol. The molecule has 0 saturated heterocycles. The third-order valence-electron chi connectivity index (χ3n) is 2.17. The van der Waals surface area contributed by atoms with Gasteiger partial charge in [-0.15, -0.1) is 0 Å². The van der Waals surface area contributed by atoms with E-state index in [1.807, 2.05) is 19.0 Å². The highest BCUT2D eigenvalue weighted by Crippen LogP contribution is 2.27. The molecule has 0 aromatic heterocycles. The maximum atomic E-state index is 11.8. The highest BCUT2D eigenvalue weighted by Gasteiger charge is 2.11. The minimum absolute atomic E-state index is 0.0611. The van der Waals surface area contributed by atoms with Crippen molar-refractivity contribution in [3.8, 4) is 11.5 Å².